The Hall–Kier alpha value is -2.41. The maximum atomic E-state index is 13.1. The monoisotopic (exact) mass is 549 g/mol. The minimum Gasteiger partial charge on any atom is -0.383 e. The fourth-order valence-corrected chi connectivity index (χ4v) is 6.43. The highest BCUT2D eigenvalue weighted by Crippen LogP contribution is 2.24. The molecule has 0 bridgehead atoms. The summed E-state index contributed by atoms with van der Waals surface area (Å²) in [4.78, 5) is 18.2. The zero-order valence-electron chi connectivity index (χ0n) is 22.0. The molecule has 0 unspecified atom stereocenters. The van der Waals surface area contributed by atoms with Crippen LogP contribution in [0.25, 0.3) is 10.2 Å². The van der Waals surface area contributed by atoms with Crippen molar-refractivity contribution in [1.82, 2.24) is 8.87 Å². The first-order valence-corrected chi connectivity index (χ1v) is 14.3. The van der Waals surface area contributed by atoms with E-state index < -0.39 is 15.9 Å². The van der Waals surface area contributed by atoms with E-state index in [-0.39, 0.29) is 31.2 Å². The van der Waals surface area contributed by atoms with Gasteiger partial charge in [-0.25, -0.2) is 8.42 Å². The van der Waals surface area contributed by atoms with Gasteiger partial charge in [0.25, 0.3) is 5.91 Å². The predicted molar refractivity (Wildman–Crippen MR) is 145 cm³/mol. The lowest BCUT2D eigenvalue weighted by molar-refractivity contribution is 0.0996. The van der Waals surface area contributed by atoms with Gasteiger partial charge in [-0.2, -0.15) is 9.30 Å². The van der Waals surface area contributed by atoms with Gasteiger partial charge in [-0.05, 0) is 62.2 Å². The SMILES string of the molecule is CCOCCn1c(=NC(=O)c2ccc(S(=O)(=O)N(CCOC)CCOC)cc2)sc2c(C)cc(C)cc21. The molecule has 0 atom stereocenters. The summed E-state index contributed by atoms with van der Waals surface area (Å²) in [5.41, 5.74) is 3.58. The van der Waals surface area contributed by atoms with E-state index in [0.717, 1.165) is 21.3 Å². The number of sulfonamides is 1. The molecule has 1 aromatic heterocycles. The summed E-state index contributed by atoms with van der Waals surface area (Å²) in [5, 5.41) is 0. The van der Waals surface area contributed by atoms with Crippen molar-refractivity contribution in [3.63, 3.8) is 0 Å². The van der Waals surface area contributed by atoms with Crippen molar-refractivity contribution < 1.29 is 27.4 Å². The number of hydrogen-bond acceptors (Lipinski definition) is 7. The van der Waals surface area contributed by atoms with E-state index >= 15 is 0 Å². The van der Waals surface area contributed by atoms with E-state index in [1.807, 2.05) is 25.3 Å². The Labute approximate surface area is 222 Å². The summed E-state index contributed by atoms with van der Waals surface area (Å²) in [7, 11) is -0.740. The van der Waals surface area contributed by atoms with Crippen molar-refractivity contribution in [2.45, 2.75) is 32.2 Å². The topological polar surface area (TPSA) is 99.4 Å². The van der Waals surface area contributed by atoms with Crippen molar-refractivity contribution in [2.24, 2.45) is 4.99 Å². The van der Waals surface area contributed by atoms with Gasteiger partial charge in [0.05, 0.1) is 34.9 Å². The number of nitrogens with zero attached hydrogens (tertiary/aromatic N) is 3. The zero-order chi connectivity index (χ0) is 27.0. The molecular formula is C26H35N3O6S2. The summed E-state index contributed by atoms with van der Waals surface area (Å²) in [6.45, 7) is 8.63. The molecule has 0 aliphatic carbocycles. The van der Waals surface area contributed by atoms with Gasteiger partial charge in [0.2, 0.25) is 10.0 Å². The molecule has 9 nitrogen and oxygen atoms in total. The number of amides is 1. The van der Waals surface area contributed by atoms with E-state index in [9.17, 15) is 13.2 Å². The van der Waals surface area contributed by atoms with Crippen LogP contribution in [0.2, 0.25) is 0 Å². The molecule has 0 fully saturated rings. The average Bonchev–Trinajstić information content (AvgIpc) is 3.21. The van der Waals surface area contributed by atoms with Crippen LogP contribution in [-0.4, -0.2) is 76.9 Å². The van der Waals surface area contributed by atoms with E-state index in [1.54, 1.807) is 0 Å². The molecule has 0 radical (unpaired) electrons. The Bertz CT molecular complexity index is 1370. The summed E-state index contributed by atoms with van der Waals surface area (Å²) >= 11 is 1.46. The molecule has 11 heteroatoms. The lowest BCUT2D eigenvalue weighted by atomic mass is 10.1. The highest BCUT2D eigenvalue weighted by molar-refractivity contribution is 7.89. The third-order valence-electron chi connectivity index (χ3n) is 5.80. The molecule has 1 heterocycles. The standard InChI is InChI=1S/C26H35N3O6S2/c1-6-35-16-13-29-23-18-19(2)17-20(3)24(23)36-26(29)27-25(30)21-7-9-22(10-8-21)37(31,32)28(11-14-33-4)12-15-34-5/h7-10,17-18H,6,11-16H2,1-5H3. The van der Waals surface area contributed by atoms with Crippen molar-refractivity contribution in [2.75, 3.05) is 53.7 Å². The van der Waals surface area contributed by atoms with Gasteiger partial charge in [-0.1, -0.05) is 17.4 Å². The Morgan fingerprint density at radius 2 is 1.68 bits per heavy atom. The summed E-state index contributed by atoms with van der Waals surface area (Å²) in [5.74, 6) is -0.439. The summed E-state index contributed by atoms with van der Waals surface area (Å²) in [6.07, 6.45) is 0. The molecule has 0 N–H and O–H groups in total. The molecule has 0 saturated carbocycles. The van der Waals surface area contributed by atoms with Crippen LogP contribution in [0.15, 0.2) is 46.3 Å². The average molecular weight is 550 g/mol. The molecule has 3 aromatic rings. The number of benzene rings is 2. The smallest absolute Gasteiger partial charge is 0.279 e. The molecule has 0 aliphatic rings. The maximum absolute atomic E-state index is 13.1. The number of aromatic nitrogens is 1. The first kappa shape index (κ1) is 29.2. The minimum atomic E-state index is -3.78. The molecular weight excluding hydrogens is 514 g/mol. The zero-order valence-corrected chi connectivity index (χ0v) is 23.7. The Kier molecular flexibility index (Phi) is 10.6. The third kappa shape index (κ3) is 7.13. The van der Waals surface area contributed by atoms with Crippen LogP contribution >= 0.6 is 11.3 Å². The van der Waals surface area contributed by atoms with E-state index in [1.165, 1.54) is 54.1 Å². The molecule has 0 spiro atoms. The van der Waals surface area contributed by atoms with E-state index in [4.69, 9.17) is 14.2 Å². The first-order valence-electron chi connectivity index (χ1n) is 12.1. The summed E-state index contributed by atoms with van der Waals surface area (Å²) in [6, 6.07) is 10.1. The number of carbonyl (C=O) groups excluding carboxylic acids is 1. The quantitative estimate of drug-likeness (QED) is 0.303. The van der Waals surface area contributed by atoms with Crippen LogP contribution in [0.3, 0.4) is 0 Å². The normalized spacial score (nSPS) is 12.6. The molecule has 202 valence electrons. The largest absolute Gasteiger partial charge is 0.383 e. The third-order valence-corrected chi connectivity index (χ3v) is 8.95. The lowest BCUT2D eigenvalue weighted by Gasteiger charge is -2.21. The van der Waals surface area contributed by atoms with Gasteiger partial charge >= 0.3 is 0 Å². The van der Waals surface area contributed by atoms with Crippen LogP contribution in [0.4, 0.5) is 0 Å². The first-order chi connectivity index (χ1) is 17.7. The molecule has 3 rings (SSSR count). The van der Waals surface area contributed by atoms with E-state index in [0.29, 0.717) is 30.1 Å². The molecule has 2 aromatic carbocycles. The van der Waals surface area contributed by atoms with Crippen molar-refractivity contribution in [3.8, 4) is 0 Å². The van der Waals surface area contributed by atoms with Gasteiger partial charge in [-0.15, -0.1) is 0 Å². The number of rotatable bonds is 13. The van der Waals surface area contributed by atoms with Gasteiger partial charge in [-0.3, -0.25) is 4.79 Å². The Morgan fingerprint density at radius 3 is 2.27 bits per heavy atom. The Morgan fingerprint density at radius 1 is 1.03 bits per heavy atom. The van der Waals surface area contributed by atoms with Crippen LogP contribution in [0, 0.1) is 13.8 Å². The summed E-state index contributed by atoms with van der Waals surface area (Å²) < 4.78 is 46.3. The van der Waals surface area contributed by atoms with E-state index in [2.05, 4.69) is 17.1 Å². The number of carbonyl (C=O) groups is 1. The minimum absolute atomic E-state index is 0.0935. The number of fused-ring (bicyclic) bond motifs is 1. The second-order valence-corrected chi connectivity index (χ2v) is 11.4. The number of methoxy groups -OCH3 is 2. The van der Waals surface area contributed by atoms with Gasteiger partial charge in [0.15, 0.2) is 4.80 Å². The highest BCUT2D eigenvalue weighted by atomic mass is 32.2. The van der Waals surface area contributed by atoms with Crippen LogP contribution in [0.5, 0.6) is 0 Å². The molecule has 1 amide bonds. The predicted octanol–water partition coefficient (Wildman–Crippen LogP) is 3.38. The maximum Gasteiger partial charge on any atom is 0.279 e. The van der Waals surface area contributed by atoms with Gasteiger partial charge in [0, 0.05) is 46.0 Å². The van der Waals surface area contributed by atoms with Gasteiger partial charge in [0.1, 0.15) is 0 Å². The van der Waals surface area contributed by atoms with Crippen molar-refractivity contribution >= 4 is 37.5 Å². The molecule has 37 heavy (non-hydrogen) atoms. The number of hydrogen-bond donors (Lipinski definition) is 0. The van der Waals surface area contributed by atoms with Crippen LogP contribution in [0.1, 0.15) is 28.4 Å². The number of ether oxygens (including phenoxy) is 3. The highest BCUT2D eigenvalue weighted by Gasteiger charge is 2.24. The second-order valence-electron chi connectivity index (χ2n) is 8.49. The van der Waals surface area contributed by atoms with Crippen LogP contribution < -0.4 is 4.80 Å². The lowest BCUT2D eigenvalue weighted by Crippen LogP contribution is -2.36. The van der Waals surface area contributed by atoms with Crippen LogP contribution in [-0.2, 0) is 30.8 Å². The fraction of sp³-hybridized carbons (Fsp3) is 0.462. The fourth-order valence-electron chi connectivity index (χ4n) is 3.92. The molecule has 0 saturated heterocycles. The Balaban J connectivity index is 1.94. The number of thiazole rings is 1. The van der Waals surface area contributed by atoms with Crippen molar-refractivity contribution in [1.29, 1.82) is 0 Å². The van der Waals surface area contributed by atoms with Crippen molar-refractivity contribution in [3.05, 3.63) is 57.9 Å². The second kappa shape index (κ2) is 13.4. The number of aryl methyl sites for hydroxylation is 2. The van der Waals surface area contributed by atoms with Gasteiger partial charge < -0.3 is 18.8 Å². The molecule has 0 aliphatic heterocycles.